The molecule has 0 aromatic heterocycles. The van der Waals surface area contributed by atoms with Crippen molar-refractivity contribution in [2.75, 3.05) is 13.1 Å². The molecular weight excluding hydrogens is 350 g/mol. The van der Waals surface area contributed by atoms with Gasteiger partial charge >= 0.3 is 0 Å². The van der Waals surface area contributed by atoms with Crippen LogP contribution in [0.25, 0.3) is 0 Å². The van der Waals surface area contributed by atoms with Gasteiger partial charge in [-0.1, -0.05) is 26.0 Å². The monoisotopic (exact) mass is 375 g/mol. The van der Waals surface area contributed by atoms with E-state index in [-0.39, 0.29) is 41.4 Å². The Morgan fingerprint density at radius 1 is 1.38 bits per heavy atom. The van der Waals surface area contributed by atoms with Crippen LogP contribution in [0.5, 0.6) is 0 Å². The first-order chi connectivity index (χ1) is 10.8. The van der Waals surface area contributed by atoms with Crippen molar-refractivity contribution in [1.82, 2.24) is 10.0 Å². The molecule has 1 rings (SSSR count). The second-order valence-electron chi connectivity index (χ2n) is 5.70. The summed E-state index contributed by atoms with van der Waals surface area (Å²) in [6, 6.07) is 5.77. The number of benzene rings is 1. The second-order valence-corrected chi connectivity index (χ2v) is 7.47. The zero-order valence-electron chi connectivity index (χ0n) is 14.0. The first-order valence-corrected chi connectivity index (χ1v) is 9.00. The van der Waals surface area contributed by atoms with Crippen LogP contribution in [0.15, 0.2) is 41.8 Å². The SMILES string of the molecule is C=CCNS(=O)(=O)c1cccc(C(=O)NC(CN)CC(C)C)c1.Cl. The molecule has 1 unspecified atom stereocenters. The van der Waals surface area contributed by atoms with E-state index in [1.165, 1.54) is 24.3 Å². The molecule has 0 saturated carbocycles. The molecule has 0 fully saturated rings. The third kappa shape index (κ3) is 7.00. The smallest absolute Gasteiger partial charge is 0.251 e. The summed E-state index contributed by atoms with van der Waals surface area (Å²) in [5, 5.41) is 2.84. The molecule has 0 spiro atoms. The van der Waals surface area contributed by atoms with E-state index in [1.54, 1.807) is 6.07 Å². The Labute approximate surface area is 150 Å². The molecule has 6 nitrogen and oxygen atoms in total. The summed E-state index contributed by atoms with van der Waals surface area (Å²) in [4.78, 5) is 12.3. The zero-order valence-corrected chi connectivity index (χ0v) is 15.6. The molecule has 0 aliphatic heterocycles. The minimum absolute atomic E-state index is 0. The molecule has 8 heteroatoms. The van der Waals surface area contributed by atoms with Crippen molar-refractivity contribution < 1.29 is 13.2 Å². The summed E-state index contributed by atoms with van der Waals surface area (Å²) >= 11 is 0. The number of rotatable bonds is 9. The topological polar surface area (TPSA) is 101 Å². The average Bonchev–Trinajstić information content (AvgIpc) is 2.52. The van der Waals surface area contributed by atoms with Gasteiger partial charge in [0.2, 0.25) is 10.0 Å². The second kappa shape index (κ2) is 10.5. The van der Waals surface area contributed by atoms with Crippen LogP contribution in [0, 0.1) is 5.92 Å². The Morgan fingerprint density at radius 2 is 2.04 bits per heavy atom. The van der Waals surface area contributed by atoms with E-state index in [1.807, 2.05) is 13.8 Å². The lowest BCUT2D eigenvalue weighted by atomic mass is 10.0. The molecule has 0 radical (unpaired) electrons. The summed E-state index contributed by atoms with van der Waals surface area (Å²) in [6.07, 6.45) is 2.22. The van der Waals surface area contributed by atoms with Gasteiger partial charge in [0, 0.05) is 24.7 Å². The van der Waals surface area contributed by atoms with Crippen LogP contribution < -0.4 is 15.8 Å². The van der Waals surface area contributed by atoms with Crippen molar-refractivity contribution in [2.24, 2.45) is 11.7 Å². The fraction of sp³-hybridized carbons (Fsp3) is 0.438. The molecule has 0 aliphatic carbocycles. The van der Waals surface area contributed by atoms with Gasteiger partial charge in [0.25, 0.3) is 5.91 Å². The van der Waals surface area contributed by atoms with Gasteiger partial charge in [-0.25, -0.2) is 13.1 Å². The van der Waals surface area contributed by atoms with Crippen LogP contribution in [0.2, 0.25) is 0 Å². The molecule has 24 heavy (non-hydrogen) atoms. The highest BCUT2D eigenvalue weighted by molar-refractivity contribution is 7.89. The maximum Gasteiger partial charge on any atom is 0.251 e. The van der Waals surface area contributed by atoms with E-state index in [0.29, 0.717) is 12.5 Å². The first kappa shape index (κ1) is 22.6. The fourth-order valence-electron chi connectivity index (χ4n) is 2.11. The lowest BCUT2D eigenvalue weighted by molar-refractivity contribution is 0.0933. The van der Waals surface area contributed by atoms with Gasteiger partial charge in [-0.15, -0.1) is 19.0 Å². The van der Waals surface area contributed by atoms with Crippen molar-refractivity contribution >= 4 is 28.3 Å². The highest BCUT2D eigenvalue weighted by atomic mass is 35.5. The third-order valence-electron chi connectivity index (χ3n) is 3.20. The number of nitrogens with one attached hydrogen (secondary N) is 2. The number of amides is 1. The van der Waals surface area contributed by atoms with Gasteiger partial charge < -0.3 is 11.1 Å². The van der Waals surface area contributed by atoms with Crippen LogP contribution >= 0.6 is 12.4 Å². The molecule has 1 aromatic carbocycles. The lowest BCUT2D eigenvalue weighted by Gasteiger charge is -2.19. The van der Waals surface area contributed by atoms with Crippen LogP contribution in [-0.4, -0.2) is 33.5 Å². The predicted octanol–water partition coefficient (Wildman–Crippen LogP) is 1.68. The van der Waals surface area contributed by atoms with Crippen molar-refractivity contribution in [1.29, 1.82) is 0 Å². The third-order valence-corrected chi connectivity index (χ3v) is 4.62. The van der Waals surface area contributed by atoms with Crippen molar-refractivity contribution in [2.45, 2.75) is 31.2 Å². The molecule has 1 atom stereocenters. The number of hydrogen-bond acceptors (Lipinski definition) is 4. The molecule has 1 amide bonds. The van der Waals surface area contributed by atoms with E-state index in [0.717, 1.165) is 6.42 Å². The highest BCUT2D eigenvalue weighted by Crippen LogP contribution is 2.12. The number of sulfonamides is 1. The van der Waals surface area contributed by atoms with E-state index < -0.39 is 10.0 Å². The lowest BCUT2D eigenvalue weighted by Crippen LogP contribution is -2.41. The molecule has 1 aromatic rings. The molecule has 136 valence electrons. The minimum Gasteiger partial charge on any atom is -0.348 e. The van der Waals surface area contributed by atoms with Gasteiger partial charge in [0.1, 0.15) is 0 Å². The standard InChI is InChI=1S/C16H25N3O3S.ClH/c1-4-8-18-23(21,22)15-7-5-6-13(10-15)16(20)19-14(11-17)9-12(2)3;/h4-7,10,12,14,18H,1,8-9,11,17H2,2-3H3,(H,19,20);1H. The Bertz CT molecular complexity index is 648. The van der Waals surface area contributed by atoms with Crippen LogP contribution in [-0.2, 0) is 10.0 Å². The summed E-state index contributed by atoms with van der Waals surface area (Å²) in [5.74, 6) is 0.0699. The quantitative estimate of drug-likeness (QED) is 0.571. The predicted molar refractivity (Wildman–Crippen MR) is 98.8 cm³/mol. The Morgan fingerprint density at radius 3 is 2.58 bits per heavy atom. The summed E-state index contributed by atoms with van der Waals surface area (Å²) in [7, 11) is -3.66. The molecule has 4 N–H and O–H groups in total. The van der Waals surface area contributed by atoms with Gasteiger partial charge in [-0.3, -0.25) is 4.79 Å². The normalized spacial score (nSPS) is 12.3. The largest absolute Gasteiger partial charge is 0.348 e. The van der Waals surface area contributed by atoms with Crippen molar-refractivity contribution in [3.8, 4) is 0 Å². The molecule has 0 heterocycles. The van der Waals surface area contributed by atoms with E-state index in [2.05, 4.69) is 16.6 Å². The summed E-state index contributed by atoms with van der Waals surface area (Å²) in [5.41, 5.74) is 5.96. The molecule has 0 saturated heterocycles. The summed E-state index contributed by atoms with van der Waals surface area (Å²) in [6.45, 7) is 8.03. The Kier molecular flexibility index (Phi) is 9.84. The van der Waals surface area contributed by atoms with Crippen LogP contribution in [0.3, 0.4) is 0 Å². The number of halogens is 1. The van der Waals surface area contributed by atoms with Gasteiger partial charge in [0.15, 0.2) is 0 Å². The van der Waals surface area contributed by atoms with E-state index >= 15 is 0 Å². The highest BCUT2D eigenvalue weighted by Gasteiger charge is 2.17. The number of hydrogen-bond donors (Lipinski definition) is 3. The van der Waals surface area contributed by atoms with Crippen LogP contribution in [0.1, 0.15) is 30.6 Å². The number of carbonyl (C=O) groups is 1. The fourth-order valence-corrected chi connectivity index (χ4v) is 3.15. The molecular formula is C16H26ClN3O3S. The first-order valence-electron chi connectivity index (χ1n) is 7.51. The zero-order chi connectivity index (χ0) is 17.5. The average molecular weight is 376 g/mol. The number of carbonyl (C=O) groups excluding carboxylic acids is 1. The Balaban J connectivity index is 0.00000529. The van der Waals surface area contributed by atoms with Crippen molar-refractivity contribution in [3.63, 3.8) is 0 Å². The maximum absolute atomic E-state index is 12.3. The van der Waals surface area contributed by atoms with E-state index in [9.17, 15) is 13.2 Å². The minimum atomic E-state index is -3.66. The van der Waals surface area contributed by atoms with E-state index in [4.69, 9.17) is 5.73 Å². The van der Waals surface area contributed by atoms with Gasteiger partial charge in [-0.2, -0.15) is 0 Å². The maximum atomic E-state index is 12.3. The number of nitrogens with two attached hydrogens (primary N) is 1. The molecule has 0 bridgehead atoms. The Hall–Kier alpha value is -1.41. The summed E-state index contributed by atoms with van der Waals surface area (Å²) < 4.78 is 26.5. The van der Waals surface area contributed by atoms with Gasteiger partial charge in [-0.05, 0) is 30.5 Å². The van der Waals surface area contributed by atoms with Crippen LogP contribution in [0.4, 0.5) is 0 Å². The van der Waals surface area contributed by atoms with Gasteiger partial charge in [0.05, 0.1) is 4.90 Å². The molecule has 0 aliphatic rings. The van der Waals surface area contributed by atoms with Crippen molar-refractivity contribution in [3.05, 3.63) is 42.5 Å².